The lowest BCUT2D eigenvalue weighted by atomic mass is 9.99. The highest BCUT2D eigenvalue weighted by Gasteiger charge is 2.38. The Balaban J connectivity index is 1.50. The Morgan fingerprint density at radius 3 is 1.82 bits per heavy atom. The summed E-state index contributed by atoms with van der Waals surface area (Å²) in [5.41, 5.74) is 3.75. The Morgan fingerprint density at radius 2 is 1.26 bits per heavy atom. The van der Waals surface area contributed by atoms with Crippen molar-refractivity contribution in [2.75, 3.05) is 6.61 Å². The number of nitrogens with zero attached hydrogens (tertiary/aromatic N) is 1. The van der Waals surface area contributed by atoms with Gasteiger partial charge in [-0.1, -0.05) is 96.2 Å². The molecule has 6 heteroatoms. The molecule has 0 aliphatic carbocycles. The van der Waals surface area contributed by atoms with Crippen LogP contribution in [0, 0.1) is 0 Å². The molecule has 1 heterocycles. The molecule has 0 saturated carbocycles. The maximum atomic E-state index is 9.20. The molecule has 0 radical (unpaired) electrons. The molecule has 0 aromatic heterocycles. The number of hydrogen-bond donors (Lipinski definition) is 1. The lowest BCUT2D eigenvalue weighted by Gasteiger charge is -2.37. The molecule has 1 N–H and O–H groups in total. The van der Waals surface area contributed by atoms with E-state index in [1.54, 1.807) is 6.26 Å². The van der Waals surface area contributed by atoms with Crippen LogP contribution >= 0.6 is 0 Å². The fourth-order valence-electron chi connectivity index (χ4n) is 3.78. The van der Waals surface area contributed by atoms with Gasteiger partial charge >= 0.3 is 0 Å². The molecule has 0 bridgehead atoms. The standard InChI is InChI=1S/C28H29NO5/c30-29-16-25-20-32-26(21-31-17-22-10-4-1-5-11-22)28(34-19-24-14-8-3-9-15-24)27(25)33-18-23-12-6-2-7-13-23/h1-16,20,26-28,30H,17-19,21H2/t26-,27-,28-/m1/s1. The summed E-state index contributed by atoms with van der Waals surface area (Å²) in [5, 5.41) is 12.4. The Kier molecular flexibility index (Phi) is 8.85. The topological polar surface area (TPSA) is 69.5 Å². The highest BCUT2D eigenvalue weighted by atomic mass is 16.6. The molecular weight excluding hydrogens is 430 g/mol. The van der Waals surface area contributed by atoms with Gasteiger partial charge in [0.25, 0.3) is 0 Å². The van der Waals surface area contributed by atoms with Gasteiger partial charge < -0.3 is 24.2 Å². The summed E-state index contributed by atoms with van der Waals surface area (Å²) in [4.78, 5) is 0. The molecular formula is C28H29NO5. The lowest BCUT2D eigenvalue weighted by Crippen LogP contribution is -2.48. The summed E-state index contributed by atoms with van der Waals surface area (Å²) in [6.07, 6.45) is 1.52. The van der Waals surface area contributed by atoms with E-state index < -0.39 is 18.3 Å². The molecule has 1 aliphatic heterocycles. The first-order valence-electron chi connectivity index (χ1n) is 11.3. The Bertz CT molecular complexity index is 1040. The Hall–Kier alpha value is -3.45. The summed E-state index contributed by atoms with van der Waals surface area (Å²) in [7, 11) is 0. The van der Waals surface area contributed by atoms with Crippen LogP contribution < -0.4 is 0 Å². The highest BCUT2D eigenvalue weighted by molar-refractivity contribution is 5.79. The van der Waals surface area contributed by atoms with Crippen molar-refractivity contribution in [1.29, 1.82) is 0 Å². The third-order valence-electron chi connectivity index (χ3n) is 5.53. The third kappa shape index (κ3) is 6.78. The number of ether oxygens (including phenoxy) is 4. The molecule has 0 fully saturated rings. The van der Waals surface area contributed by atoms with Crippen LogP contribution in [0.1, 0.15) is 16.7 Å². The molecule has 0 unspecified atom stereocenters. The fraction of sp³-hybridized carbons (Fsp3) is 0.250. The molecule has 34 heavy (non-hydrogen) atoms. The van der Waals surface area contributed by atoms with Crippen LogP contribution in [0.5, 0.6) is 0 Å². The number of benzene rings is 3. The van der Waals surface area contributed by atoms with Gasteiger partial charge in [0.15, 0.2) is 0 Å². The van der Waals surface area contributed by atoms with Crippen molar-refractivity contribution in [1.82, 2.24) is 0 Å². The molecule has 1 aliphatic rings. The van der Waals surface area contributed by atoms with Crippen molar-refractivity contribution in [3.63, 3.8) is 0 Å². The summed E-state index contributed by atoms with van der Waals surface area (Å²) in [5.74, 6) is 0. The zero-order chi connectivity index (χ0) is 23.4. The minimum absolute atomic E-state index is 0.319. The molecule has 0 spiro atoms. The Labute approximate surface area is 200 Å². The van der Waals surface area contributed by atoms with E-state index >= 15 is 0 Å². The maximum Gasteiger partial charge on any atom is 0.150 e. The summed E-state index contributed by atoms with van der Waals surface area (Å²) in [6.45, 7) is 1.56. The number of rotatable bonds is 11. The van der Waals surface area contributed by atoms with E-state index in [1.807, 2.05) is 91.0 Å². The minimum atomic E-state index is -0.501. The van der Waals surface area contributed by atoms with E-state index in [2.05, 4.69) is 5.16 Å². The zero-order valence-corrected chi connectivity index (χ0v) is 18.9. The first-order valence-corrected chi connectivity index (χ1v) is 11.3. The van der Waals surface area contributed by atoms with E-state index in [1.165, 1.54) is 6.21 Å². The molecule has 3 atom stereocenters. The molecule has 3 aromatic carbocycles. The zero-order valence-electron chi connectivity index (χ0n) is 18.9. The van der Waals surface area contributed by atoms with Gasteiger partial charge in [-0.2, -0.15) is 0 Å². The van der Waals surface area contributed by atoms with Crippen molar-refractivity contribution < 1.29 is 24.2 Å². The van der Waals surface area contributed by atoms with Gasteiger partial charge in [0.1, 0.15) is 18.3 Å². The molecule has 4 rings (SSSR count). The van der Waals surface area contributed by atoms with Crippen LogP contribution in [0.4, 0.5) is 0 Å². The second kappa shape index (κ2) is 12.7. The van der Waals surface area contributed by atoms with E-state index in [0.717, 1.165) is 16.7 Å². The van der Waals surface area contributed by atoms with E-state index in [-0.39, 0.29) is 0 Å². The summed E-state index contributed by atoms with van der Waals surface area (Å²) >= 11 is 0. The predicted molar refractivity (Wildman–Crippen MR) is 129 cm³/mol. The Morgan fingerprint density at radius 1 is 0.735 bits per heavy atom. The van der Waals surface area contributed by atoms with Crippen LogP contribution in [0.2, 0.25) is 0 Å². The SMILES string of the molecule is ON=CC1=CO[C@H](COCc2ccccc2)[C@@H](OCc2ccccc2)[C@@H]1OCc1ccccc1. The lowest BCUT2D eigenvalue weighted by molar-refractivity contribution is -0.149. The van der Waals surface area contributed by atoms with Gasteiger partial charge in [-0.05, 0) is 16.7 Å². The average Bonchev–Trinajstić information content (AvgIpc) is 2.89. The summed E-state index contributed by atoms with van der Waals surface area (Å²) < 4.78 is 24.6. The van der Waals surface area contributed by atoms with Crippen LogP contribution in [-0.4, -0.2) is 36.3 Å². The fourth-order valence-corrected chi connectivity index (χ4v) is 3.78. The quantitative estimate of drug-likeness (QED) is 0.245. The second-order valence-electron chi connectivity index (χ2n) is 8.02. The minimum Gasteiger partial charge on any atom is -0.492 e. The van der Waals surface area contributed by atoms with Crippen molar-refractivity contribution >= 4 is 6.21 Å². The van der Waals surface area contributed by atoms with Crippen LogP contribution in [-0.2, 0) is 38.8 Å². The maximum absolute atomic E-state index is 9.20. The van der Waals surface area contributed by atoms with Gasteiger partial charge in [0.05, 0.1) is 38.9 Å². The number of oxime groups is 1. The first kappa shape index (κ1) is 23.7. The first-order chi connectivity index (χ1) is 16.8. The largest absolute Gasteiger partial charge is 0.492 e. The second-order valence-corrected chi connectivity index (χ2v) is 8.02. The van der Waals surface area contributed by atoms with Gasteiger partial charge in [0, 0.05) is 5.57 Å². The highest BCUT2D eigenvalue weighted by Crippen LogP contribution is 2.26. The van der Waals surface area contributed by atoms with Crippen molar-refractivity contribution in [2.45, 2.75) is 38.1 Å². The average molecular weight is 460 g/mol. The van der Waals surface area contributed by atoms with Gasteiger partial charge in [-0.3, -0.25) is 0 Å². The molecule has 0 saturated heterocycles. The van der Waals surface area contributed by atoms with Crippen molar-refractivity contribution in [2.24, 2.45) is 5.16 Å². The smallest absolute Gasteiger partial charge is 0.150 e. The molecule has 0 amide bonds. The summed E-state index contributed by atoms with van der Waals surface area (Å²) in [6, 6.07) is 29.8. The van der Waals surface area contributed by atoms with Gasteiger partial charge in [0.2, 0.25) is 0 Å². The molecule has 176 valence electrons. The van der Waals surface area contributed by atoms with Crippen LogP contribution in [0.25, 0.3) is 0 Å². The number of hydrogen-bond acceptors (Lipinski definition) is 6. The molecule has 6 nitrogen and oxygen atoms in total. The van der Waals surface area contributed by atoms with Crippen molar-refractivity contribution in [3.8, 4) is 0 Å². The van der Waals surface area contributed by atoms with Crippen LogP contribution in [0.15, 0.2) is 108 Å². The van der Waals surface area contributed by atoms with E-state index in [4.69, 9.17) is 18.9 Å². The normalized spacial score (nSPS) is 20.1. The molecule has 3 aromatic rings. The van der Waals surface area contributed by atoms with Crippen molar-refractivity contribution in [3.05, 3.63) is 120 Å². The van der Waals surface area contributed by atoms with E-state index in [0.29, 0.717) is 32.0 Å². The van der Waals surface area contributed by atoms with Crippen LogP contribution in [0.3, 0.4) is 0 Å². The van der Waals surface area contributed by atoms with E-state index in [9.17, 15) is 5.21 Å². The van der Waals surface area contributed by atoms with Gasteiger partial charge in [-0.25, -0.2) is 0 Å². The predicted octanol–water partition coefficient (Wildman–Crippen LogP) is 5.12. The third-order valence-corrected chi connectivity index (χ3v) is 5.53. The van der Waals surface area contributed by atoms with Gasteiger partial charge in [-0.15, -0.1) is 0 Å². The monoisotopic (exact) mass is 459 g/mol.